The van der Waals surface area contributed by atoms with Crippen LogP contribution in [0.3, 0.4) is 0 Å². The smallest absolute Gasteiger partial charge is 0.0821 e. The summed E-state index contributed by atoms with van der Waals surface area (Å²) in [5, 5.41) is 10.4. The Morgan fingerprint density at radius 2 is 1.58 bits per heavy atom. The molecule has 3 rings (SSSR count). The van der Waals surface area contributed by atoms with Gasteiger partial charge in [0, 0.05) is 25.7 Å². The minimum Gasteiger partial charge on any atom is -0.390 e. The zero-order valence-corrected chi connectivity index (χ0v) is 15.3. The van der Waals surface area contributed by atoms with Crippen molar-refractivity contribution in [3.8, 4) is 0 Å². The molecule has 2 atom stereocenters. The number of aliphatic hydroxyl groups is 1. The number of nitrogens with two attached hydrogens (primary N) is 1. The van der Waals surface area contributed by atoms with Crippen LogP contribution in [0.1, 0.15) is 16.7 Å². The van der Waals surface area contributed by atoms with Crippen LogP contribution in [0.15, 0.2) is 54.6 Å². The van der Waals surface area contributed by atoms with Crippen LogP contribution < -0.4 is 5.73 Å². The maximum Gasteiger partial charge on any atom is 0.0821 e. The summed E-state index contributed by atoms with van der Waals surface area (Å²) >= 11 is 0. The van der Waals surface area contributed by atoms with Crippen LogP contribution in [-0.2, 0) is 19.4 Å². The number of fused-ring (bicyclic) bond motifs is 1. The van der Waals surface area contributed by atoms with Gasteiger partial charge in [0.2, 0.25) is 0 Å². The summed E-state index contributed by atoms with van der Waals surface area (Å²) in [5.41, 5.74) is 10.2. The fraction of sp³-hybridized carbons (Fsp3) is 0.368. The summed E-state index contributed by atoms with van der Waals surface area (Å²) in [6, 6.07) is 18.5. The number of hydrogen-bond donors (Lipinski definition) is 2. The average Bonchev–Trinajstić information content (AvgIpc) is 2.55. The molecule has 2 aromatic carbocycles. The lowest BCUT2D eigenvalue weighted by Gasteiger charge is -2.32. The third-order valence-corrected chi connectivity index (χ3v) is 4.46. The fourth-order valence-corrected chi connectivity index (χ4v) is 3.13. The molecule has 0 aliphatic carbocycles. The van der Waals surface area contributed by atoms with Crippen LogP contribution in [0.25, 0.3) is 0 Å². The second kappa shape index (κ2) is 10.0. The largest absolute Gasteiger partial charge is 0.390 e. The zero-order chi connectivity index (χ0) is 15.4. The summed E-state index contributed by atoms with van der Waals surface area (Å²) in [4.78, 5) is 2.30. The number of β-amino-alcohol motifs (C(OH)–C–C–N with tert-alkyl or cyclic N) is 1. The van der Waals surface area contributed by atoms with Crippen molar-refractivity contribution in [2.24, 2.45) is 5.73 Å². The minimum atomic E-state index is -0.495. The number of benzene rings is 2. The first-order valence-corrected chi connectivity index (χ1v) is 7.99. The Morgan fingerprint density at radius 1 is 0.958 bits per heavy atom. The normalized spacial score (nSPS) is 16.2. The van der Waals surface area contributed by atoms with Crippen molar-refractivity contribution in [1.82, 2.24) is 4.90 Å². The summed E-state index contributed by atoms with van der Waals surface area (Å²) in [5.74, 6) is 0. The predicted molar refractivity (Wildman–Crippen MR) is 104 cm³/mol. The number of rotatable bonds is 5. The van der Waals surface area contributed by atoms with Crippen molar-refractivity contribution in [3.05, 3.63) is 71.3 Å². The summed E-state index contributed by atoms with van der Waals surface area (Å²) < 4.78 is 0. The average molecular weight is 369 g/mol. The van der Waals surface area contributed by atoms with E-state index in [0.29, 0.717) is 13.0 Å². The quantitative estimate of drug-likeness (QED) is 0.852. The molecular formula is C19H26Cl2N2O. The maximum atomic E-state index is 10.4. The second-order valence-corrected chi connectivity index (χ2v) is 6.17. The van der Waals surface area contributed by atoms with E-state index in [1.165, 1.54) is 16.7 Å². The Labute approximate surface area is 156 Å². The molecule has 0 fully saturated rings. The summed E-state index contributed by atoms with van der Waals surface area (Å²) in [6.45, 7) is 2.54. The Morgan fingerprint density at radius 3 is 2.29 bits per heavy atom. The number of aliphatic hydroxyl groups excluding tert-OH is 1. The van der Waals surface area contributed by atoms with Crippen LogP contribution >= 0.6 is 24.8 Å². The topological polar surface area (TPSA) is 49.5 Å². The van der Waals surface area contributed by atoms with E-state index < -0.39 is 6.10 Å². The molecule has 0 saturated carbocycles. The molecule has 2 aromatic rings. The Hall–Kier alpha value is -1.10. The Balaban J connectivity index is 0.00000144. The van der Waals surface area contributed by atoms with Crippen molar-refractivity contribution in [1.29, 1.82) is 0 Å². The van der Waals surface area contributed by atoms with Gasteiger partial charge in [-0.15, -0.1) is 24.8 Å². The van der Waals surface area contributed by atoms with Gasteiger partial charge in [-0.3, -0.25) is 4.90 Å². The van der Waals surface area contributed by atoms with Gasteiger partial charge in [0.25, 0.3) is 0 Å². The van der Waals surface area contributed by atoms with Crippen molar-refractivity contribution in [2.45, 2.75) is 31.5 Å². The van der Waals surface area contributed by atoms with Crippen LogP contribution in [0.5, 0.6) is 0 Å². The number of nitrogens with zero attached hydrogens (tertiary/aromatic N) is 1. The molecule has 0 spiro atoms. The molecule has 5 heteroatoms. The summed E-state index contributed by atoms with van der Waals surface area (Å²) in [7, 11) is 0. The van der Waals surface area contributed by atoms with Crippen LogP contribution in [0.4, 0.5) is 0 Å². The molecule has 1 aliphatic heterocycles. The lowest BCUT2D eigenvalue weighted by atomic mass is 9.98. The van der Waals surface area contributed by atoms with Gasteiger partial charge < -0.3 is 10.8 Å². The van der Waals surface area contributed by atoms with Crippen molar-refractivity contribution < 1.29 is 5.11 Å². The highest BCUT2D eigenvalue weighted by Crippen LogP contribution is 2.19. The van der Waals surface area contributed by atoms with E-state index in [9.17, 15) is 5.11 Å². The molecule has 132 valence electrons. The van der Waals surface area contributed by atoms with E-state index >= 15 is 0 Å². The minimum absolute atomic E-state index is 0. The predicted octanol–water partition coefficient (Wildman–Crippen LogP) is 2.82. The van der Waals surface area contributed by atoms with E-state index in [1.54, 1.807) is 0 Å². The van der Waals surface area contributed by atoms with Gasteiger partial charge in [-0.05, 0) is 29.5 Å². The highest BCUT2D eigenvalue weighted by atomic mass is 35.5. The second-order valence-electron chi connectivity index (χ2n) is 6.17. The molecule has 0 aromatic heterocycles. The highest BCUT2D eigenvalue weighted by Gasteiger charge is 2.22. The molecule has 0 amide bonds. The molecule has 3 N–H and O–H groups in total. The van der Waals surface area contributed by atoms with Crippen molar-refractivity contribution in [3.63, 3.8) is 0 Å². The lowest BCUT2D eigenvalue weighted by Crippen LogP contribution is -2.45. The van der Waals surface area contributed by atoms with E-state index in [2.05, 4.69) is 41.3 Å². The van der Waals surface area contributed by atoms with E-state index in [1.807, 2.05) is 18.2 Å². The molecule has 0 radical (unpaired) electrons. The number of hydrogen-bond acceptors (Lipinski definition) is 3. The monoisotopic (exact) mass is 368 g/mol. The third kappa shape index (κ3) is 5.47. The molecule has 0 saturated heterocycles. The van der Waals surface area contributed by atoms with Gasteiger partial charge in [0.1, 0.15) is 0 Å². The standard InChI is InChI=1S/C19H24N2O.2ClH/c20-18(12-15-6-2-1-3-7-15)19(22)14-21-11-10-16-8-4-5-9-17(16)13-21;;/h1-9,18-19,22H,10-14,20H2;2*1H/t18-,19+;;/m1../s1. The summed E-state index contributed by atoms with van der Waals surface area (Å²) in [6.07, 6.45) is 1.27. The van der Waals surface area contributed by atoms with Crippen LogP contribution in [-0.4, -0.2) is 35.2 Å². The SMILES string of the molecule is Cl.Cl.N[C@H](Cc1ccccc1)[C@@H](O)CN1CCc2ccccc2C1. The van der Waals surface area contributed by atoms with E-state index in [4.69, 9.17) is 5.73 Å². The third-order valence-electron chi connectivity index (χ3n) is 4.46. The van der Waals surface area contributed by atoms with Crippen molar-refractivity contribution in [2.75, 3.05) is 13.1 Å². The van der Waals surface area contributed by atoms with Crippen LogP contribution in [0, 0.1) is 0 Å². The Kier molecular flexibility index (Phi) is 8.74. The molecule has 0 bridgehead atoms. The van der Waals surface area contributed by atoms with Crippen LogP contribution in [0.2, 0.25) is 0 Å². The first-order valence-electron chi connectivity index (χ1n) is 7.99. The zero-order valence-electron chi connectivity index (χ0n) is 13.7. The Bertz CT molecular complexity index is 609. The number of halogens is 2. The van der Waals surface area contributed by atoms with E-state index in [0.717, 1.165) is 19.5 Å². The van der Waals surface area contributed by atoms with E-state index in [-0.39, 0.29) is 30.9 Å². The fourth-order valence-electron chi connectivity index (χ4n) is 3.13. The van der Waals surface area contributed by atoms with Gasteiger partial charge in [0.15, 0.2) is 0 Å². The molecule has 1 heterocycles. The molecule has 24 heavy (non-hydrogen) atoms. The van der Waals surface area contributed by atoms with Gasteiger partial charge in [-0.25, -0.2) is 0 Å². The lowest BCUT2D eigenvalue weighted by molar-refractivity contribution is 0.0850. The van der Waals surface area contributed by atoms with Gasteiger partial charge in [-0.2, -0.15) is 0 Å². The molecule has 1 aliphatic rings. The highest BCUT2D eigenvalue weighted by molar-refractivity contribution is 5.85. The first kappa shape index (κ1) is 20.9. The molecule has 0 unspecified atom stereocenters. The van der Waals surface area contributed by atoms with Gasteiger partial charge in [-0.1, -0.05) is 54.6 Å². The molecular weight excluding hydrogens is 343 g/mol. The van der Waals surface area contributed by atoms with Crippen molar-refractivity contribution >= 4 is 24.8 Å². The first-order chi connectivity index (χ1) is 10.7. The van der Waals surface area contributed by atoms with Gasteiger partial charge >= 0.3 is 0 Å². The maximum absolute atomic E-state index is 10.4. The molecule has 3 nitrogen and oxygen atoms in total. The van der Waals surface area contributed by atoms with Gasteiger partial charge in [0.05, 0.1) is 6.10 Å².